The van der Waals surface area contributed by atoms with Crippen molar-refractivity contribution in [2.24, 2.45) is 5.73 Å². The third-order valence-electron chi connectivity index (χ3n) is 5.50. The number of primary amides is 1. The van der Waals surface area contributed by atoms with Crippen molar-refractivity contribution in [1.29, 1.82) is 0 Å². The van der Waals surface area contributed by atoms with Gasteiger partial charge in [-0.2, -0.15) is 5.10 Å². The van der Waals surface area contributed by atoms with Crippen molar-refractivity contribution in [2.75, 3.05) is 6.54 Å². The number of ether oxygens (including phenoxy) is 1. The normalized spacial score (nSPS) is 13.1. The number of carbonyl (C=O) groups excluding carboxylic acids is 2. The average molecular weight is 446 g/mol. The molecule has 2 amide bonds. The summed E-state index contributed by atoms with van der Waals surface area (Å²) in [4.78, 5) is 29.3. The number of H-pyrrole nitrogens is 1. The molecule has 0 saturated heterocycles. The predicted octanol–water partition coefficient (Wildman–Crippen LogP) is 3.11. The number of carbonyl (C=O) groups is 2. The fourth-order valence-electron chi connectivity index (χ4n) is 3.95. The van der Waals surface area contributed by atoms with E-state index in [0.717, 1.165) is 28.1 Å². The first kappa shape index (κ1) is 20.0. The fourth-order valence-corrected chi connectivity index (χ4v) is 4.10. The fraction of sp³-hybridized carbons (Fsp3) is 0.130. The second kappa shape index (κ2) is 7.93. The molecule has 0 atom stereocenters. The number of thiocarbonyl (C=S) groups is 1. The summed E-state index contributed by atoms with van der Waals surface area (Å²) in [5.74, 6) is 0.606. The number of nitrogens with zero attached hydrogens (tertiary/aromatic N) is 3. The van der Waals surface area contributed by atoms with E-state index in [-0.39, 0.29) is 5.91 Å². The summed E-state index contributed by atoms with van der Waals surface area (Å²) >= 11 is 4.79. The van der Waals surface area contributed by atoms with Crippen LogP contribution in [0.2, 0.25) is 0 Å². The molecule has 160 valence electrons. The van der Waals surface area contributed by atoms with Crippen molar-refractivity contribution in [1.82, 2.24) is 19.5 Å². The Morgan fingerprint density at radius 1 is 1.09 bits per heavy atom. The minimum Gasteiger partial charge on any atom is -0.457 e. The standard InChI is InChI=1S/C23H19N5O3S/c24-22(30)20-21(14-6-8-16(9-7-14)31-15-4-2-1-3-5-15)26-28-18-12-27(19(29)13-32)11-10-17(18)25-23(20)28/h1-9,13,25H,10-12H2,(H2,24,30). The number of para-hydroxylation sites is 1. The molecule has 0 unspecified atom stereocenters. The van der Waals surface area contributed by atoms with Crippen molar-refractivity contribution in [3.8, 4) is 22.8 Å². The molecule has 5 rings (SSSR count). The lowest BCUT2D eigenvalue weighted by Gasteiger charge is -2.25. The third kappa shape index (κ3) is 3.42. The molecule has 3 heterocycles. The van der Waals surface area contributed by atoms with Gasteiger partial charge in [0.15, 0.2) is 0 Å². The van der Waals surface area contributed by atoms with Gasteiger partial charge in [0.2, 0.25) is 0 Å². The first-order chi connectivity index (χ1) is 15.5. The highest BCUT2D eigenvalue weighted by atomic mass is 32.1. The summed E-state index contributed by atoms with van der Waals surface area (Å²) in [6.45, 7) is 0.898. The highest BCUT2D eigenvalue weighted by molar-refractivity contribution is 7.80. The highest BCUT2D eigenvalue weighted by Gasteiger charge is 2.28. The van der Waals surface area contributed by atoms with Gasteiger partial charge in [-0.1, -0.05) is 30.4 Å². The zero-order valence-electron chi connectivity index (χ0n) is 16.9. The number of hydrogen-bond acceptors (Lipinski definition) is 5. The van der Waals surface area contributed by atoms with Crippen LogP contribution in [0, 0.1) is 0 Å². The van der Waals surface area contributed by atoms with Crippen LogP contribution in [0.25, 0.3) is 16.9 Å². The Labute approximate surface area is 188 Å². The van der Waals surface area contributed by atoms with E-state index in [9.17, 15) is 9.59 Å². The van der Waals surface area contributed by atoms with Gasteiger partial charge < -0.3 is 20.4 Å². The van der Waals surface area contributed by atoms with Gasteiger partial charge in [0.1, 0.15) is 28.4 Å². The molecule has 0 radical (unpaired) electrons. The zero-order valence-corrected chi connectivity index (χ0v) is 17.8. The van der Waals surface area contributed by atoms with Crippen molar-refractivity contribution in [3.63, 3.8) is 0 Å². The van der Waals surface area contributed by atoms with Gasteiger partial charge in [-0.15, -0.1) is 0 Å². The molecule has 3 N–H and O–H groups in total. The monoisotopic (exact) mass is 445 g/mol. The van der Waals surface area contributed by atoms with Crippen LogP contribution < -0.4 is 10.5 Å². The van der Waals surface area contributed by atoms with E-state index >= 15 is 0 Å². The molecule has 0 spiro atoms. The van der Waals surface area contributed by atoms with Gasteiger partial charge in [0.05, 0.1) is 17.6 Å². The van der Waals surface area contributed by atoms with Crippen LogP contribution in [0.3, 0.4) is 0 Å². The van der Waals surface area contributed by atoms with Crippen LogP contribution in [-0.4, -0.2) is 43.2 Å². The lowest BCUT2D eigenvalue weighted by Crippen LogP contribution is -2.36. The first-order valence-electron chi connectivity index (χ1n) is 10.0. The second-order valence-corrected chi connectivity index (χ2v) is 7.70. The molecule has 1 aliphatic heterocycles. The topological polar surface area (TPSA) is 106 Å². The highest BCUT2D eigenvalue weighted by Crippen LogP contribution is 2.31. The molecule has 2 aromatic carbocycles. The van der Waals surface area contributed by atoms with Gasteiger partial charge >= 0.3 is 0 Å². The van der Waals surface area contributed by atoms with Gasteiger partial charge in [0, 0.05) is 24.2 Å². The second-order valence-electron chi connectivity index (χ2n) is 7.47. The summed E-state index contributed by atoms with van der Waals surface area (Å²) in [6, 6.07) is 16.8. The van der Waals surface area contributed by atoms with Crippen LogP contribution in [-0.2, 0) is 17.8 Å². The maximum atomic E-state index is 12.4. The Morgan fingerprint density at radius 2 is 1.81 bits per heavy atom. The number of nitrogens with two attached hydrogens (primary N) is 1. The van der Waals surface area contributed by atoms with Crippen LogP contribution >= 0.6 is 12.2 Å². The number of aromatic nitrogens is 3. The SMILES string of the molecule is NC(=O)c1c(-c2ccc(Oc3ccccc3)cc2)nn2c3c([nH]c12)CCN(C(=O)C=S)C3. The first-order valence-corrected chi connectivity index (χ1v) is 10.5. The Morgan fingerprint density at radius 3 is 2.50 bits per heavy atom. The molecule has 8 nitrogen and oxygen atoms in total. The van der Waals surface area contributed by atoms with Crippen LogP contribution in [0.4, 0.5) is 0 Å². The van der Waals surface area contributed by atoms with Gasteiger partial charge in [-0.25, -0.2) is 4.52 Å². The van der Waals surface area contributed by atoms with E-state index in [4.69, 9.17) is 22.7 Å². The molecule has 0 bridgehead atoms. The molecule has 0 aliphatic carbocycles. The van der Waals surface area contributed by atoms with E-state index in [2.05, 4.69) is 10.1 Å². The molecule has 0 fully saturated rings. The number of aromatic amines is 1. The van der Waals surface area contributed by atoms with Crippen molar-refractivity contribution in [2.45, 2.75) is 13.0 Å². The predicted molar refractivity (Wildman–Crippen MR) is 123 cm³/mol. The molecule has 2 aromatic heterocycles. The summed E-state index contributed by atoms with van der Waals surface area (Å²) < 4.78 is 7.51. The zero-order chi connectivity index (χ0) is 22.2. The molecule has 4 aromatic rings. The minimum atomic E-state index is -0.579. The summed E-state index contributed by atoms with van der Waals surface area (Å²) in [6.07, 6.45) is 0.618. The molecule has 0 saturated carbocycles. The van der Waals surface area contributed by atoms with E-state index in [1.54, 1.807) is 9.42 Å². The maximum Gasteiger partial charge on any atom is 0.257 e. The quantitative estimate of drug-likeness (QED) is 0.459. The van der Waals surface area contributed by atoms with Crippen LogP contribution in [0.5, 0.6) is 11.5 Å². The lowest BCUT2D eigenvalue weighted by atomic mass is 10.1. The van der Waals surface area contributed by atoms with Crippen molar-refractivity contribution in [3.05, 3.63) is 71.5 Å². The number of rotatable bonds is 5. The lowest BCUT2D eigenvalue weighted by molar-refractivity contribution is -0.124. The largest absolute Gasteiger partial charge is 0.457 e. The summed E-state index contributed by atoms with van der Waals surface area (Å²) in [7, 11) is 0. The Kier molecular flexibility index (Phi) is 4.95. The van der Waals surface area contributed by atoms with Crippen molar-refractivity contribution < 1.29 is 14.3 Å². The maximum absolute atomic E-state index is 12.4. The Bertz CT molecular complexity index is 1340. The Balaban J connectivity index is 1.52. The number of amides is 2. The third-order valence-corrected chi connectivity index (χ3v) is 5.70. The summed E-state index contributed by atoms with van der Waals surface area (Å²) in [5, 5.41) is 5.82. The number of benzene rings is 2. The Hall–Kier alpha value is -3.98. The number of hydrogen-bond donors (Lipinski definition) is 2. The number of fused-ring (bicyclic) bond motifs is 3. The van der Waals surface area contributed by atoms with E-state index in [0.29, 0.717) is 42.2 Å². The van der Waals surface area contributed by atoms with Crippen molar-refractivity contribution >= 4 is 35.0 Å². The molecular formula is C23H19N5O3S. The van der Waals surface area contributed by atoms with Crippen LogP contribution in [0.15, 0.2) is 54.6 Å². The number of nitrogens with one attached hydrogen (secondary N) is 1. The number of imidazole rings is 1. The average Bonchev–Trinajstić information content (AvgIpc) is 3.35. The van der Waals surface area contributed by atoms with Gasteiger partial charge in [-0.3, -0.25) is 9.59 Å². The van der Waals surface area contributed by atoms with Gasteiger partial charge in [-0.05, 0) is 36.4 Å². The molecule has 1 aliphatic rings. The smallest absolute Gasteiger partial charge is 0.257 e. The van der Waals surface area contributed by atoms with Crippen LogP contribution in [0.1, 0.15) is 21.7 Å². The molecule has 9 heteroatoms. The summed E-state index contributed by atoms with van der Waals surface area (Å²) in [5.41, 5.74) is 9.51. The van der Waals surface area contributed by atoms with E-state index in [1.807, 2.05) is 54.6 Å². The molecule has 32 heavy (non-hydrogen) atoms. The van der Waals surface area contributed by atoms with E-state index in [1.165, 1.54) is 0 Å². The molecular weight excluding hydrogens is 426 g/mol. The minimum absolute atomic E-state index is 0.212. The van der Waals surface area contributed by atoms with E-state index < -0.39 is 5.91 Å². The van der Waals surface area contributed by atoms with Gasteiger partial charge in [0.25, 0.3) is 11.8 Å².